The van der Waals surface area contributed by atoms with Crippen LogP contribution in [0, 0.1) is 6.92 Å². The predicted molar refractivity (Wildman–Crippen MR) is 101 cm³/mol. The molecule has 3 aromatic rings. The van der Waals surface area contributed by atoms with E-state index in [1.807, 2.05) is 49.4 Å². The first-order valence-electron chi connectivity index (χ1n) is 8.85. The zero-order valence-electron chi connectivity index (χ0n) is 14.7. The number of urea groups is 1. The van der Waals surface area contributed by atoms with Crippen molar-refractivity contribution in [3.05, 3.63) is 71.6 Å². The number of aromatic nitrogens is 1. The third-order valence-electron chi connectivity index (χ3n) is 4.64. The van der Waals surface area contributed by atoms with Gasteiger partial charge in [-0.15, -0.1) is 0 Å². The number of carbonyl (C=O) groups excluding carboxylic acids is 1. The molecule has 4 rings (SSSR count). The van der Waals surface area contributed by atoms with Gasteiger partial charge in [-0.05, 0) is 37.1 Å². The highest BCUT2D eigenvalue weighted by Gasteiger charge is 2.23. The quantitative estimate of drug-likeness (QED) is 0.777. The minimum atomic E-state index is -0.0581. The van der Waals surface area contributed by atoms with Gasteiger partial charge in [-0.3, -0.25) is 4.90 Å². The summed E-state index contributed by atoms with van der Waals surface area (Å²) in [5, 5.41) is 2.98. The summed E-state index contributed by atoms with van der Waals surface area (Å²) in [6.45, 7) is 3.30. The first-order valence-corrected chi connectivity index (χ1v) is 8.85. The van der Waals surface area contributed by atoms with Crippen molar-refractivity contribution in [3.63, 3.8) is 0 Å². The van der Waals surface area contributed by atoms with Crippen LogP contribution in [0.2, 0.25) is 0 Å². The van der Waals surface area contributed by atoms with E-state index in [9.17, 15) is 4.79 Å². The molecular formula is C21H21N3O2. The van der Waals surface area contributed by atoms with Gasteiger partial charge >= 0.3 is 6.03 Å². The fourth-order valence-electron chi connectivity index (χ4n) is 3.19. The van der Waals surface area contributed by atoms with Gasteiger partial charge in [0.2, 0.25) is 5.89 Å². The van der Waals surface area contributed by atoms with E-state index in [0.29, 0.717) is 18.9 Å². The molecule has 0 saturated carbocycles. The molecule has 0 saturated heterocycles. The number of oxazole rings is 1. The molecule has 0 aliphatic carbocycles. The second-order valence-electron chi connectivity index (χ2n) is 6.52. The second-order valence-corrected chi connectivity index (χ2v) is 6.52. The van der Waals surface area contributed by atoms with E-state index in [4.69, 9.17) is 4.42 Å². The van der Waals surface area contributed by atoms with Gasteiger partial charge in [0, 0.05) is 30.8 Å². The maximum atomic E-state index is 12.4. The number of hydrogen-bond donors (Lipinski definition) is 1. The van der Waals surface area contributed by atoms with Crippen LogP contribution in [0.4, 0.5) is 10.5 Å². The van der Waals surface area contributed by atoms with Crippen molar-refractivity contribution in [2.24, 2.45) is 0 Å². The minimum Gasteiger partial charge on any atom is -0.444 e. The Bertz CT molecular complexity index is 915. The number of fused-ring (bicyclic) bond motifs is 1. The van der Waals surface area contributed by atoms with Crippen LogP contribution in [-0.2, 0) is 12.8 Å². The molecule has 26 heavy (non-hydrogen) atoms. The summed E-state index contributed by atoms with van der Waals surface area (Å²) in [4.78, 5) is 18.7. The van der Waals surface area contributed by atoms with Crippen molar-refractivity contribution in [2.45, 2.75) is 19.8 Å². The van der Waals surface area contributed by atoms with Gasteiger partial charge in [-0.25, -0.2) is 9.78 Å². The van der Waals surface area contributed by atoms with Crippen LogP contribution in [0.5, 0.6) is 0 Å². The molecule has 0 unspecified atom stereocenters. The fraction of sp³-hybridized carbons (Fsp3) is 0.238. The van der Waals surface area contributed by atoms with Crippen LogP contribution in [0.25, 0.3) is 11.5 Å². The summed E-state index contributed by atoms with van der Waals surface area (Å²) in [5.74, 6) is 0.611. The highest BCUT2D eigenvalue weighted by molar-refractivity contribution is 5.94. The highest BCUT2D eigenvalue weighted by Crippen LogP contribution is 2.27. The molecule has 0 bridgehead atoms. The lowest BCUT2D eigenvalue weighted by molar-refractivity contribution is 0.247. The van der Waals surface area contributed by atoms with Gasteiger partial charge in [0.1, 0.15) is 6.26 Å². The Labute approximate surface area is 152 Å². The van der Waals surface area contributed by atoms with Gasteiger partial charge < -0.3 is 9.73 Å². The smallest absolute Gasteiger partial charge is 0.321 e. The lowest BCUT2D eigenvalue weighted by atomic mass is 10.1. The van der Waals surface area contributed by atoms with Gasteiger partial charge in [-0.1, -0.05) is 35.9 Å². The third kappa shape index (κ3) is 3.33. The van der Waals surface area contributed by atoms with Crippen molar-refractivity contribution < 1.29 is 9.21 Å². The van der Waals surface area contributed by atoms with E-state index >= 15 is 0 Å². The van der Waals surface area contributed by atoms with Crippen LogP contribution in [0.3, 0.4) is 0 Å². The van der Waals surface area contributed by atoms with Gasteiger partial charge in [-0.2, -0.15) is 0 Å². The van der Waals surface area contributed by atoms with Crippen molar-refractivity contribution in [3.8, 4) is 11.5 Å². The number of aryl methyl sites for hydroxylation is 1. The largest absolute Gasteiger partial charge is 0.444 e. The molecule has 0 spiro atoms. The van der Waals surface area contributed by atoms with Crippen molar-refractivity contribution >= 4 is 11.7 Å². The molecule has 1 aliphatic rings. The van der Waals surface area contributed by atoms with Crippen LogP contribution in [-0.4, -0.2) is 24.1 Å². The number of para-hydroxylation sites is 1. The Kier molecular flexibility index (Phi) is 4.44. The maximum Gasteiger partial charge on any atom is 0.321 e. The lowest BCUT2D eigenvalue weighted by Crippen LogP contribution is -2.39. The molecule has 0 atom stereocenters. The molecule has 2 amide bonds. The zero-order valence-corrected chi connectivity index (χ0v) is 14.7. The van der Waals surface area contributed by atoms with Crippen molar-refractivity contribution in [2.75, 3.05) is 18.0 Å². The number of anilines is 1. The normalized spacial score (nSPS) is 12.9. The Morgan fingerprint density at radius 3 is 2.85 bits per heavy atom. The average molecular weight is 347 g/mol. The molecule has 2 aromatic carbocycles. The van der Waals surface area contributed by atoms with E-state index < -0.39 is 0 Å². The summed E-state index contributed by atoms with van der Waals surface area (Å²) < 4.78 is 5.56. The van der Waals surface area contributed by atoms with Gasteiger partial charge in [0.05, 0.1) is 5.69 Å². The van der Waals surface area contributed by atoms with Gasteiger partial charge in [0.25, 0.3) is 0 Å². The van der Waals surface area contributed by atoms with E-state index in [0.717, 1.165) is 29.9 Å². The SMILES string of the molecule is Cc1ccc(-c2nc(CCNC(=O)N3CCc4ccccc43)co2)cc1. The molecule has 5 heteroatoms. The second kappa shape index (κ2) is 7.04. The molecule has 2 heterocycles. The molecule has 1 aliphatic heterocycles. The molecule has 5 nitrogen and oxygen atoms in total. The zero-order chi connectivity index (χ0) is 17.9. The minimum absolute atomic E-state index is 0.0581. The Hall–Kier alpha value is -3.08. The Morgan fingerprint density at radius 2 is 2.00 bits per heavy atom. The highest BCUT2D eigenvalue weighted by atomic mass is 16.3. The first-order chi connectivity index (χ1) is 12.7. The third-order valence-corrected chi connectivity index (χ3v) is 4.64. The van der Waals surface area contributed by atoms with Crippen molar-refractivity contribution in [1.29, 1.82) is 0 Å². The number of hydrogen-bond acceptors (Lipinski definition) is 3. The molecule has 0 fully saturated rings. The van der Waals surface area contributed by atoms with Gasteiger partial charge in [0.15, 0.2) is 0 Å². The summed E-state index contributed by atoms with van der Waals surface area (Å²) in [6, 6.07) is 16.0. The molecule has 1 aromatic heterocycles. The topological polar surface area (TPSA) is 58.4 Å². The monoisotopic (exact) mass is 347 g/mol. The average Bonchev–Trinajstić information content (AvgIpc) is 3.29. The van der Waals surface area contributed by atoms with Crippen LogP contribution in [0.1, 0.15) is 16.8 Å². The first kappa shape index (κ1) is 16.4. The van der Waals surface area contributed by atoms with Crippen LogP contribution in [0.15, 0.2) is 59.2 Å². The van der Waals surface area contributed by atoms with E-state index in [1.54, 1.807) is 11.2 Å². The summed E-state index contributed by atoms with van der Waals surface area (Å²) >= 11 is 0. The summed E-state index contributed by atoms with van der Waals surface area (Å²) in [6.07, 6.45) is 3.20. The Morgan fingerprint density at radius 1 is 1.19 bits per heavy atom. The van der Waals surface area contributed by atoms with Crippen molar-refractivity contribution in [1.82, 2.24) is 10.3 Å². The predicted octanol–water partition coefficient (Wildman–Crippen LogP) is 3.96. The lowest BCUT2D eigenvalue weighted by Gasteiger charge is -2.17. The number of amides is 2. The number of nitrogens with zero attached hydrogens (tertiary/aromatic N) is 2. The van der Waals surface area contributed by atoms with Crippen LogP contribution < -0.4 is 10.2 Å². The Balaban J connectivity index is 1.33. The molecule has 1 N–H and O–H groups in total. The maximum absolute atomic E-state index is 12.4. The number of carbonyl (C=O) groups is 1. The fourth-order valence-corrected chi connectivity index (χ4v) is 3.19. The number of nitrogens with one attached hydrogen (secondary N) is 1. The number of benzene rings is 2. The summed E-state index contributed by atoms with van der Waals surface area (Å²) in [7, 11) is 0. The van der Waals surface area contributed by atoms with E-state index in [2.05, 4.69) is 16.4 Å². The van der Waals surface area contributed by atoms with E-state index in [1.165, 1.54) is 11.1 Å². The standard InChI is InChI=1S/C21H21N3O2/c1-15-6-8-17(9-7-15)20-23-18(14-26-20)10-12-22-21(25)24-13-11-16-4-2-3-5-19(16)24/h2-9,14H,10-13H2,1H3,(H,22,25). The summed E-state index contributed by atoms with van der Waals surface area (Å²) in [5.41, 5.74) is 5.23. The van der Waals surface area contributed by atoms with Crippen LogP contribution >= 0.6 is 0 Å². The number of rotatable bonds is 4. The molecular weight excluding hydrogens is 326 g/mol. The van der Waals surface area contributed by atoms with E-state index in [-0.39, 0.29) is 6.03 Å². The molecule has 0 radical (unpaired) electrons. The molecule has 132 valence electrons.